The van der Waals surface area contributed by atoms with Crippen molar-refractivity contribution in [3.63, 3.8) is 0 Å². The molecule has 0 atom stereocenters. The maximum atomic E-state index is 13.6. The van der Waals surface area contributed by atoms with Crippen molar-refractivity contribution in [2.24, 2.45) is 13.0 Å². The Morgan fingerprint density at radius 1 is 1.13 bits per heavy atom. The van der Waals surface area contributed by atoms with Crippen LogP contribution in [0.5, 0.6) is 0 Å². The minimum atomic E-state index is -4.65. The van der Waals surface area contributed by atoms with E-state index in [1.807, 2.05) is 0 Å². The van der Waals surface area contributed by atoms with Crippen LogP contribution in [0.15, 0.2) is 24.3 Å². The molecule has 0 spiro atoms. The van der Waals surface area contributed by atoms with Gasteiger partial charge in [0.2, 0.25) is 5.78 Å². The molecule has 4 rings (SSSR count). The van der Waals surface area contributed by atoms with E-state index < -0.39 is 17.7 Å². The molecule has 0 N–H and O–H groups in total. The molecule has 0 radical (unpaired) electrons. The number of pyridine rings is 1. The molecular formula is C26H24Cl2F3N3O4. The van der Waals surface area contributed by atoms with Crippen LogP contribution in [0.2, 0.25) is 10.0 Å². The number of nitrogens with zero attached hydrogens (tertiary/aromatic N) is 3. The van der Waals surface area contributed by atoms with Gasteiger partial charge in [-0.05, 0) is 55.5 Å². The summed E-state index contributed by atoms with van der Waals surface area (Å²) in [7, 11) is 2.76. The number of rotatable bonds is 5. The number of fused-ring (bicyclic) bond motifs is 1. The van der Waals surface area contributed by atoms with E-state index in [4.69, 9.17) is 27.9 Å². The highest BCUT2D eigenvalue weighted by Crippen LogP contribution is 2.35. The van der Waals surface area contributed by atoms with Crippen molar-refractivity contribution in [2.75, 3.05) is 20.2 Å². The number of ether oxygens (including phenoxy) is 1. The van der Waals surface area contributed by atoms with Gasteiger partial charge in [-0.2, -0.15) is 13.2 Å². The van der Waals surface area contributed by atoms with Crippen molar-refractivity contribution >= 4 is 51.9 Å². The number of carbonyl (C=O) groups excluding carboxylic acids is 3. The molecule has 12 heteroatoms. The fraction of sp³-hybridized carbons (Fsp3) is 0.385. The Kier molecular flexibility index (Phi) is 7.76. The van der Waals surface area contributed by atoms with Crippen LogP contribution in [0, 0.1) is 12.8 Å². The van der Waals surface area contributed by atoms with Gasteiger partial charge in [-0.15, -0.1) is 0 Å². The number of ketones is 1. The van der Waals surface area contributed by atoms with Crippen molar-refractivity contribution in [2.45, 2.75) is 32.4 Å². The fourth-order valence-corrected chi connectivity index (χ4v) is 5.32. The fourth-order valence-electron chi connectivity index (χ4n) is 4.69. The molecule has 1 saturated heterocycles. The largest absolute Gasteiger partial charge is 0.469 e. The Labute approximate surface area is 226 Å². The number of esters is 1. The molecule has 7 nitrogen and oxygen atoms in total. The summed E-state index contributed by atoms with van der Waals surface area (Å²) in [6.07, 6.45) is -3.15. The zero-order valence-electron chi connectivity index (χ0n) is 20.8. The van der Waals surface area contributed by atoms with Gasteiger partial charge in [0.1, 0.15) is 11.3 Å². The highest BCUT2D eigenvalue weighted by atomic mass is 35.5. The zero-order valence-corrected chi connectivity index (χ0v) is 22.3. The number of amides is 1. The van der Waals surface area contributed by atoms with Crippen LogP contribution in [-0.4, -0.2) is 52.3 Å². The predicted molar refractivity (Wildman–Crippen MR) is 136 cm³/mol. The van der Waals surface area contributed by atoms with E-state index in [-0.39, 0.29) is 56.7 Å². The molecule has 1 aliphatic heterocycles. The molecule has 1 aromatic carbocycles. The molecule has 202 valence electrons. The number of aryl methyl sites for hydroxylation is 2. The van der Waals surface area contributed by atoms with E-state index in [1.54, 1.807) is 4.90 Å². The Bertz CT molecular complexity index is 1440. The highest BCUT2D eigenvalue weighted by molar-refractivity contribution is 6.42. The van der Waals surface area contributed by atoms with Crippen molar-refractivity contribution in [3.05, 3.63) is 62.4 Å². The number of hydrogen-bond acceptors (Lipinski definition) is 5. The molecule has 3 heterocycles. The Morgan fingerprint density at radius 3 is 2.39 bits per heavy atom. The van der Waals surface area contributed by atoms with E-state index in [9.17, 15) is 27.6 Å². The van der Waals surface area contributed by atoms with Gasteiger partial charge in [0.05, 0.1) is 34.0 Å². The van der Waals surface area contributed by atoms with Crippen molar-refractivity contribution in [1.29, 1.82) is 0 Å². The van der Waals surface area contributed by atoms with Gasteiger partial charge in [-0.25, -0.2) is 4.98 Å². The third-order valence-electron chi connectivity index (χ3n) is 6.86. The van der Waals surface area contributed by atoms with Crippen LogP contribution in [0.1, 0.15) is 56.9 Å². The van der Waals surface area contributed by atoms with Gasteiger partial charge in [0.25, 0.3) is 5.91 Å². The average Bonchev–Trinajstić information content (AvgIpc) is 3.20. The summed E-state index contributed by atoms with van der Waals surface area (Å²) in [5, 5.41) is 0.229. The molecule has 0 saturated carbocycles. The van der Waals surface area contributed by atoms with Crippen LogP contribution >= 0.6 is 23.2 Å². The summed E-state index contributed by atoms with van der Waals surface area (Å²) in [4.78, 5) is 43.7. The number of benzene rings is 1. The topological polar surface area (TPSA) is 81.5 Å². The van der Waals surface area contributed by atoms with Crippen LogP contribution in [-0.2, 0) is 22.8 Å². The smallest absolute Gasteiger partial charge is 0.433 e. The Balaban J connectivity index is 1.65. The second-order valence-electron chi connectivity index (χ2n) is 9.28. The number of aromatic nitrogens is 2. The number of alkyl halides is 3. The maximum absolute atomic E-state index is 13.6. The number of hydrogen-bond donors (Lipinski definition) is 0. The summed E-state index contributed by atoms with van der Waals surface area (Å²) < 4.78 is 45.9. The lowest BCUT2D eigenvalue weighted by Crippen LogP contribution is -2.39. The second-order valence-corrected chi connectivity index (χ2v) is 10.1. The first-order valence-corrected chi connectivity index (χ1v) is 12.5. The van der Waals surface area contributed by atoms with Gasteiger partial charge in [0.15, 0.2) is 0 Å². The summed E-state index contributed by atoms with van der Waals surface area (Å²) in [5.41, 5.74) is -0.810. The van der Waals surface area contributed by atoms with Gasteiger partial charge in [-0.1, -0.05) is 23.2 Å². The summed E-state index contributed by atoms with van der Waals surface area (Å²) in [6.45, 7) is 2.30. The lowest BCUT2D eigenvalue weighted by Gasteiger charge is -2.32. The van der Waals surface area contributed by atoms with E-state index in [2.05, 4.69) is 4.98 Å². The van der Waals surface area contributed by atoms with Gasteiger partial charge >= 0.3 is 12.1 Å². The first-order chi connectivity index (χ1) is 17.8. The molecule has 38 heavy (non-hydrogen) atoms. The summed E-state index contributed by atoms with van der Waals surface area (Å²) in [6, 6.07) is 5.19. The maximum Gasteiger partial charge on any atom is 0.433 e. The normalized spacial score (nSPS) is 14.7. The minimum absolute atomic E-state index is 0.000691. The van der Waals surface area contributed by atoms with E-state index in [0.717, 1.165) is 6.07 Å². The van der Waals surface area contributed by atoms with Crippen molar-refractivity contribution in [1.82, 2.24) is 14.5 Å². The molecule has 1 amide bonds. The molecule has 2 aromatic heterocycles. The number of likely N-dealkylation sites (tertiary alicyclic amines) is 1. The number of carbonyl (C=O) groups is 3. The minimum Gasteiger partial charge on any atom is -0.469 e. The van der Waals surface area contributed by atoms with E-state index in [1.165, 1.54) is 43.8 Å². The van der Waals surface area contributed by atoms with E-state index in [0.29, 0.717) is 36.9 Å². The number of halogens is 5. The second kappa shape index (κ2) is 10.6. The van der Waals surface area contributed by atoms with Crippen molar-refractivity contribution in [3.8, 4) is 0 Å². The van der Waals surface area contributed by atoms with Crippen LogP contribution in [0.4, 0.5) is 13.2 Å². The molecule has 1 aliphatic rings. The summed E-state index contributed by atoms with van der Waals surface area (Å²) in [5.74, 6) is -1.24. The molecule has 3 aromatic rings. The molecule has 1 fully saturated rings. The van der Waals surface area contributed by atoms with Gasteiger partial charge < -0.3 is 14.2 Å². The van der Waals surface area contributed by atoms with Crippen molar-refractivity contribution < 1.29 is 32.3 Å². The molecule has 0 bridgehead atoms. The SMILES string of the molecule is COC(=O)CC1CCN(C(=O)c2ccc(Cl)c(C(=O)c3cc4c(C)cc(C(F)(F)F)nc4n3C)c2Cl)CC1. The highest BCUT2D eigenvalue weighted by Gasteiger charge is 2.34. The third-order valence-corrected chi connectivity index (χ3v) is 7.57. The van der Waals surface area contributed by atoms with Crippen LogP contribution in [0.25, 0.3) is 11.0 Å². The quantitative estimate of drug-likeness (QED) is 0.284. The van der Waals surface area contributed by atoms with Gasteiger partial charge in [0, 0.05) is 31.9 Å². The van der Waals surface area contributed by atoms with E-state index >= 15 is 0 Å². The average molecular weight is 570 g/mol. The molecule has 0 aliphatic carbocycles. The standard InChI is InChI=1S/C26H24Cl2F3N3O4/c1-13-10-19(26(29,30)31)32-24-16(13)12-18(33(24)2)23(36)21-17(27)5-4-15(22(21)28)25(37)34-8-6-14(7-9-34)11-20(35)38-3/h4-5,10,12,14H,6-9,11H2,1-3H3. The monoisotopic (exact) mass is 569 g/mol. The lowest BCUT2D eigenvalue weighted by molar-refractivity contribution is -0.142. The molecule has 0 unspecified atom stereocenters. The van der Waals surface area contributed by atoms with Gasteiger partial charge in [-0.3, -0.25) is 14.4 Å². The van der Waals surface area contributed by atoms with Crippen LogP contribution < -0.4 is 0 Å². The Hall–Kier alpha value is -3.11. The zero-order chi connectivity index (χ0) is 27.9. The number of methoxy groups -OCH3 is 1. The number of piperidine rings is 1. The van der Waals surface area contributed by atoms with Crippen LogP contribution in [0.3, 0.4) is 0 Å². The first kappa shape index (κ1) is 27.9. The summed E-state index contributed by atoms with van der Waals surface area (Å²) >= 11 is 12.9. The third kappa shape index (κ3) is 5.24. The lowest BCUT2D eigenvalue weighted by atomic mass is 9.93. The predicted octanol–water partition coefficient (Wildman–Crippen LogP) is 5.85. The Morgan fingerprint density at radius 2 is 1.79 bits per heavy atom. The molecular weight excluding hydrogens is 546 g/mol. The first-order valence-electron chi connectivity index (χ1n) is 11.8.